The maximum absolute atomic E-state index is 11.8. The molecule has 1 heterocycles. The predicted octanol–water partition coefficient (Wildman–Crippen LogP) is 3.18. The summed E-state index contributed by atoms with van der Waals surface area (Å²) in [6.07, 6.45) is 5.26. The van der Waals surface area contributed by atoms with Crippen molar-refractivity contribution >= 4 is 5.97 Å². The summed E-state index contributed by atoms with van der Waals surface area (Å²) in [6, 6.07) is 11.4. The molecule has 0 saturated carbocycles. The number of aryl methyl sites for hydroxylation is 2. The summed E-state index contributed by atoms with van der Waals surface area (Å²) in [6.45, 7) is 2.40. The van der Waals surface area contributed by atoms with Gasteiger partial charge < -0.3 is 4.74 Å². The Morgan fingerprint density at radius 2 is 2.00 bits per heavy atom. The first-order valence-electron chi connectivity index (χ1n) is 6.38. The molecule has 0 bridgehead atoms. The van der Waals surface area contributed by atoms with Crippen molar-refractivity contribution in [2.24, 2.45) is 0 Å². The second kappa shape index (κ2) is 6.69. The van der Waals surface area contributed by atoms with Gasteiger partial charge in [-0.1, -0.05) is 17.7 Å². The fourth-order valence-electron chi connectivity index (χ4n) is 1.85. The first kappa shape index (κ1) is 13.3. The van der Waals surface area contributed by atoms with E-state index in [2.05, 4.69) is 4.98 Å². The van der Waals surface area contributed by atoms with Crippen LogP contribution in [0.5, 0.6) is 0 Å². The average Bonchev–Trinajstić information content (AvgIpc) is 2.44. The molecule has 98 valence electrons. The van der Waals surface area contributed by atoms with Crippen molar-refractivity contribution in [2.75, 3.05) is 6.61 Å². The Bertz CT molecular complexity index is 537. The van der Waals surface area contributed by atoms with Gasteiger partial charge in [0.25, 0.3) is 0 Å². The van der Waals surface area contributed by atoms with Crippen molar-refractivity contribution in [3.05, 3.63) is 65.5 Å². The third-order valence-electron chi connectivity index (χ3n) is 2.85. The van der Waals surface area contributed by atoms with E-state index in [4.69, 9.17) is 4.74 Å². The van der Waals surface area contributed by atoms with E-state index in [1.165, 1.54) is 5.56 Å². The summed E-state index contributed by atoms with van der Waals surface area (Å²) in [7, 11) is 0. The monoisotopic (exact) mass is 255 g/mol. The third-order valence-corrected chi connectivity index (χ3v) is 2.85. The average molecular weight is 255 g/mol. The molecule has 3 nitrogen and oxygen atoms in total. The van der Waals surface area contributed by atoms with Gasteiger partial charge in [0.2, 0.25) is 0 Å². The Morgan fingerprint density at radius 3 is 2.74 bits per heavy atom. The van der Waals surface area contributed by atoms with Gasteiger partial charge in [0.05, 0.1) is 12.2 Å². The normalized spacial score (nSPS) is 10.2. The Kier molecular flexibility index (Phi) is 4.67. The quantitative estimate of drug-likeness (QED) is 0.608. The lowest BCUT2D eigenvalue weighted by Crippen LogP contribution is -2.07. The minimum atomic E-state index is -0.251. The molecule has 0 atom stereocenters. The van der Waals surface area contributed by atoms with E-state index in [0.29, 0.717) is 12.2 Å². The molecular weight excluding hydrogens is 238 g/mol. The Labute approximate surface area is 113 Å². The van der Waals surface area contributed by atoms with Crippen LogP contribution >= 0.6 is 0 Å². The predicted molar refractivity (Wildman–Crippen MR) is 74.0 cm³/mol. The van der Waals surface area contributed by atoms with Crippen LogP contribution in [0.15, 0.2) is 48.8 Å². The molecule has 0 unspecified atom stereocenters. The Morgan fingerprint density at radius 1 is 1.21 bits per heavy atom. The lowest BCUT2D eigenvalue weighted by atomic mass is 10.1. The largest absolute Gasteiger partial charge is 0.462 e. The zero-order valence-corrected chi connectivity index (χ0v) is 11.0. The van der Waals surface area contributed by atoms with E-state index in [1.807, 2.05) is 37.3 Å². The molecule has 0 aliphatic rings. The van der Waals surface area contributed by atoms with Crippen LogP contribution in [0.25, 0.3) is 0 Å². The Balaban J connectivity index is 1.75. The standard InChI is InChI=1S/C16H17NO2/c1-13-4-2-6-15(12-13)16(18)19-11-3-5-14-7-9-17-10-8-14/h2,4,6-10,12H,3,5,11H2,1H3. The minimum absolute atomic E-state index is 0.251. The molecule has 0 fully saturated rings. The van der Waals surface area contributed by atoms with Crippen LogP contribution in [0.4, 0.5) is 0 Å². The van der Waals surface area contributed by atoms with Gasteiger partial charge in [-0.25, -0.2) is 4.79 Å². The number of pyridine rings is 1. The van der Waals surface area contributed by atoms with Crippen molar-refractivity contribution in [2.45, 2.75) is 19.8 Å². The summed E-state index contributed by atoms with van der Waals surface area (Å²) >= 11 is 0. The van der Waals surface area contributed by atoms with E-state index in [-0.39, 0.29) is 5.97 Å². The molecule has 0 spiro atoms. The first-order valence-corrected chi connectivity index (χ1v) is 6.38. The number of nitrogens with zero attached hydrogens (tertiary/aromatic N) is 1. The molecule has 0 aliphatic carbocycles. The van der Waals surface area contributed by atoms with Crippen LogP contribution in [0, 0.1) is 6.92 Å². The number of esters is 1. The van der Waals surface area contributed by atoms with Crippen molar-refractivity contribution in [3.8, 4) is 0 Å². The lowest BCUT2D eigenvalue weighted by molar-refractivity contribution is 0.0500. The molecule has 0 aliphatic heterocycles. The minimum Gasteiger partial charge on any atom is -0.462 e. The second-order valence-corrected chi connectivity index (χ2v) is 4.46. The number of ether oxygens (including phenoxy) is 1. The van der Waals surface area contributed by atoms with Crippen molar-refractivity contribution < 1.29 is 9.53 Å². The molecule has 3 heteroatoms. The van der Waals surface area contributed by atoms with Gasteiger partial charge >= 0.3 is 5.97 Å². The summed E-state index contributed by atoms with van der Waals surface area (Å²) in [5.74, 6) is -0.251. The Hall–Kier alpha value is -2.16. The maximum Gasteiger partial charge on any atom is 0.338 e. The number of carbonyl (C=O) groups is 1. The highest BCUT2D eigenvalue weighted by Gasteiger charge is 2.06. The molecule has 19 heavy (non-hydrogen) atoms. The maximum atomic E-state index is 11.8. The fraction of sp³-hybridized carbons (Fsp3) is 0.250. The molecule has 0 saturated heterocycles. The summed E-state index contributed by atoms with van der Waals surface area (Å²) in [4.78, 5) is 15.7. The van der Waals surface area contributed by atoms with Gasteiger partial charge in [0, 0.05) is 12.4 Å². The number of hydrogen-bond acceptors (Lipinski definition) is 3. The van der Waals surface area contributed by atoms with Crippen LogP contribution < -0.4 is 0 Å². The van der Waals surface area contributed by atoms with Crippen LogP contribution in [-0.4, -0.2) is 17.6 Å². The van der Waals surface area contributed by atoms with Crippen LogP contribution in [0.1, 0.15) is 27.9 Å². The smallest absolute Gasteiger partial charge is 0.338 e. The molecule has 1 aromatic heterocycles. The zero-order valence-electron chi connectivity index (χ0n) is 11.0. The highest BCUT2D eigenvalue weighted by Crippen LogP contribution is 2.07. The van der Waals surface area contributed by atoms with E-state index in [9.17, 15) is 4.79 Å². The van der Waals surface area contributed by atoms with Gasteiger partial charge in [-0.15, -0.1) is 0 Å². The molecule has 0 radical (unpaired) electrons. The zero-order chi connectivity index (χ0) is 13.5. The summed E-state index contributed by atoms with van der Waals surface area (Å²) < 4.78 is 5.25. The highest BCUT2D eigenvalue weighted by molar-refractivity contribution is 5.89. The summed E-state index contributed by atoms with van der Waals surface area (Å²) in [5, 5.41) is 0. The van der Waals surface area contributed by atoms with Gasteiger partial charge in [0.15, 0.2) is 0 Å². The van der Waals surface area contributed by atoms with E-state index in [1.54, 1.807) is 18.5 Å². The van der Waals surface area contributed by atoms with Crippen molar-refractivity contribution in [1.29, 1.82) is 0 Å². The molecule has 0 N–H and O–H groups in total. The fourth-order valence-corrected chi connectivity index (χ4v) is 1.85. The second-order valence-electron chi connectivity index (χ2n) is 4.46. The van der Waals surface area contributed by atoms with Crippen LogP contribution in [0.2, 0.25) is 0 Å². The molecule has 0 amide bonds. The first-order chi connectivity index (χ1) is 9.25. The van der Waals surface area contributed by atoms with Gasteiger partial charge in [0.1, 0.15) is 0 Å². The molecule has 1 aromatic carbocycles. The number of hydrogen-bond donors (Lipinski definition) is 0. The van der Waals surface area contributed by atoms with Gasteiger partial charge in [-0.2, -0.15) is 0 Å². The van der Waals surface area contributed by atoms with Gasteiger partial charge in [-0.05, 0) is 49.6 Å². The highest BCUT2D eigenvalue weighted by atomic mass is 16.5. The topological polar surface area (TPSA) is 39.2 Å². The summed E-state index contributed by atoms with van der Waals surface area (Å²) in [5.41, 5.74) is 2.89. The van der Waals surface area contributed by atoms with Gasteiger partial charge in [-0.3, -0.25) is 4.98 Å². The SMILES string of the molecule is Cc1cccc(C(=O)OCCCc2ccncc2)c1. The van der Waals surface area contributed by atoms with Crippen LogP contribution in [-0.2, 0) is 11.2 Å². The van der Waals surface area contributed by atoms with Crippen molar-refractivity contribution in [1.82, 2.24) is 4.98 Å². The molecular formula is C16H17NO2. The number of carbonyl (C=O) groups excluding carboxylic acids is 1. The number of rotatable bonds is 5. The lowest BCUT2D eigenvalue weighted by Gasteiger charge is -2.05. The van der Waals surface area contributed by atoms with Crippen LogP contribution in [0.3, 0.4) is 0 Å². The third kappa shape index (κ3) is 4.21. The number of aromatic nitrogens is 1. The number of benzene rings is 1. The molecule has 2 aromatic rings. The van der Waals surface area contributed by atoms with E-state index >= 15 is 0 Å². The van der Waals surface area contributed by atoms with E-state index < -0.39 is 0 Å². The molecule has 2 rings (SSSR count). The van der Waals surface area contributed by atoms with Crippen molar-refractivity contribution in [3.63, 3.8) is 0 Å². The van der Waals surface area contributed by atoms with E-state index in [0.717, 1.165) is 18.4 Å².